The van der Waals surface area contributed by atoms with E-state index in [2.05, 4.69) is 43.6 Å². The lowest BCUT2D eigenvalue weighted by Crippen LogP contribution is -2.12. The topological polar surface area (TPSA) is 32.6 Å². The monoisotopic (exact) mass is 279 g/mol. The lowest BCUT2D eigenvalue weighted by atomic mass is 9.97. The standard InChI is InChI=1S/C16H25NOS/c1-4-12(3)10-14(18)8-6-13-7-9-16(19)15(11-13)17-5-2/h5,7,9,11-12,14,18-19H,4,6,8,10H2,1-3H3. The zero-order valence-corrected chi connectivity index (χ0v) is 13.0. The molecule has 1 rings (SSSR count). The summed E-state index contributed by atoms with van der Waals surface area (Å²) in [4.78, 5) is 5.18. The van der Waals surface area contributed by atoms with Crippen molar-refractivity contribution in [1.29, 1.82) is 0 Å². The minimum absolute atomic E-state index is 0.205. The molecule has 2 unspecified atom stereocenters. The smallest absolute Gasteiger partial charge is 0.0761 e. The molecule has 0 saturated heterocycles. The summed E-state index contributed by atoms with van der Waals surface area (Å²) in [5, 5.41) is 9.99. The molecule has 0 aliphatic rings. The van der Waals surface area contributed by atoms with Crippen molar-refractivity contribution in [1.82, 2.24) is 0 Å². The lowest BCUT2D eigenvalue weighted by Gasteiger charge is -2.15. The number of hydrogen-bond donors (Lipinski definition) is 2. The second-order valence-corrected chi connectivity index (χ2v) is 5.63. The van der Waals surface area contributed by atoms with Crippen molar-refractivity contribution in [3.05, 3.63) is 23.8 Å². The van der Waals surface area contributed by atoms with Crippen molar-refractivity contribution < 1.29 is 5.11 Å². The van der Waals surface area contributed by atoms with Crippen molar-refractivity contribution in [3.8, 4) is 0 Å². The Morgan fingerprint density at radius 2 is 2.16 bits per heavy atom. The minimum Gasteiger partial charge on any atom is -0.393 e. The summed E-state index contributed by atoms with van der Waals surface area (Å²) in [6, 6.07) is 6.09. The SMILES string of the molecule is CC=Nc1cc(CCC(O)CC(C)CC)ccc1S. The number of aryl methyl sites for hydroxylation is 1. The molecule has 0 amide bonds. The maximum atomic E-state index is 9.99. The highest BCUT2D eigenvalue weighted by atomic mass is 32.1. The van der Waals surface area contributed by atoms with E-state index in [4.69, 9.17) is 0 Å². The molecule has 0 spiro atoms. The van der Waals surface area contributed by atoms with E-state index >= 15 is 0 Å². The molecule has 0 aromatic heterocycles. The zero-order chi connectivity index (χ0) is 14.3. The van der Waals surface area contributed by atoms with Gasteiger partial charge in [-0.05, 0) is 49.8 Å². The van der Waals surface area contributed by atoms with Crippen LogP contribution in [-0.4, -0.2) is 17.4 Å². The number of aliphatic hydroxyl groups excluding tert-OH is 1. The van der Waals surface area contributed by atoms with E-state index in [0.717, 1.165) is 36.3 Å². The Hall–Kier alpha value is -0.800. The normalized spacial score (nSPS) is 14.8. The predicted octanol–water partition coefficient (Wildman–Crippen LogP) is 4.43. The predicted molar refractivity (Wildman–Crippen MR) is 85.9 cm³/mol. The average molecular weight is 279 g/mol. The summed E-state index contributed by atoms with van der Waals surface area (Å²) in [5.41, 5.74) is 2.11. The van der Waals surface area contributed by atoms with Crippen molar-refractivity contribution in [2.75, 3.05) is 0 Å². The quantitative estimate of drug-likeness (QED) is 0.562. The molecule has 2 atom stereocenters. The molecule has 19 heavy (non-hydrogen) atoms. The fourth-order valence-electron chi connectivity index (χ4n) is 2.05. The van der Waals surface area contributed by atoms with Crippen molar-refractivity contribution in [2.24, 2.45) is 10.9 Å². The summed E-state index contributed by atoms with van der Waals surface area (Å²) >= 11 is 4.38. The number of nitrogens with zero attached hydrogens (tertiary/aromatic N) is 1. The maximum absolute atomic E-state index is 9.99. The van der Waals surface area contributed by atoms with Gasteiger partial charge < -0.3 is 5.11 Å². The maximum Gasteiger partial charge on any atom is 0.0761 e. The molecular formula is C16H25NOS. The Bertz CT molecular complexity index is 417. The van der Waals surface area contributed by atoms with E-state index in [-0.39, 0.29) is 6.10 Å². The van der Waals surface area contributed by atoms with Gasteiger partial charge in [0.15, 0.2) is 0 Å². The Morgan fingerprint density at radius 3 is 2.79 bits per heavy atom. The van der Waals surface area contributed by atoms with Gasteiger partial charge in [-0.15, -0.1) is 12.6 Å². The van der Waals surface area contributed by atoms with Crippen LogP contribution in [0.1, 0.15) is 45.6 Å². The van der Waals surface area contributed by atoms with Crippen molar-refractivity contribution in [2.45, 2.75) is 57.5 Å². The Kier molecular flexibility index (Phi) is 7.17. The third kappa shape index (κ3) is 5.79. The van der Waals surface area contributed by atoms with Crippen LogP contribution in [0.25, 0.3) is 0 Å². The van der Waals surface area contributed by atoms with Crippen LogP contribution in [0.4, 0.5) is 5.69 Å². The highest BCUT2D eigenvalue weighted by Gasteiger charge is 2.09. The molecule has 1 aromatic rings. The van der Waals surface area contributed by atoms with E-state index in [1.807, 2.05) is 13.0 Å². The molecule has 106 valence electrons. The highest BCUT2D eigenvalue weighted by Crippen LogP contribution is 2.25. The number of benzene rings is 1. The van der Waals surface area contributed by atoms with Crippen LogP contribution < -0.4 is 0 Å². The Balaban J connectivity index is 2.55. The van der Waals surface area contributed by atoms with Crippen LogP contribution in [0.2, 0.25) is 0 Å². The summed E-state index contributed by atoms with van der Waals surface area (Å²) in [5.74, 6) is 0.593. The van der Waals surface area contributed by atoms with Crippen molar-refractivity contribution in [3.63, 3.8) is 0 Å². The summed E-state index contributed by atoms with van der Waals surface area (Å²) in [6.07, 6.45) is 5.28. The third-order valence-corrected chi connectivity index (χ3v) is 3.82. The van der Waals surface area contributed by atoms with E-state index in [0.29, 0.717) is 5.92 Å². The van der Waals surface area contributed by atoms with Crippen LogP contribution in [0, 0.1) is 5.92 Å². The number of aliphatic hydroxyl groups is 1. The van der Waals surface area contributed by atoms with Gasteiger partial charge in [0.1, 0.15) is 0 Å². The molecule has 1 aromatic carbocycles. The molecular weight excluding hydrogens is 254 g/mol. The third-order valence-electron chi connectivity index (χ3n) is 3.45. The van der Waals surface area contributed by atoms with Crippen LogP contribution in [0.15, 0.2) is 28.1 Å². The largest absolute Gasteiger partial charge is 0.393 e. The number of thiol groups is 1. The molecule has 0 aliphatic carbocycles. The van der Waals surface area contributed by atoms with E-state index in [9.17, 15) is 5.11 Å². The first kappa shape index (κ1) is 16.3. The molecule has 2 nitrogen and oxygen atoms in total. The Labute approximate surface area is 122 Å². The molecule has 0 heterocycles. The molecule has 0 radical (unpaired) electrons. The van der Waals surface area contributed by atoms with Gasteiger partial charge in [-0.3, -0.25) is 4.99 Å². The number of rotatable bonds is 7. The fourth-order valence-corrected chi connectivity index (χ4v) is 2.25. The van der Waals surface area contributed by atoms with Gasteiger partial charge >= 0.3 is 0 Å². The minimum atomic E-state index is -0.205. The molecule has 1 N–H and O–H groups in total. The first-order valence-electron chi connectivity index (χ1n) is 7.05. The second-order valence-electron chi connectivity index (χ2n) is 5.15. The van der Waals surface area contributed by atoms with E-state index in [1.54, 1.807) is 6.21 Å². The lowest BCUT2D eigenvalue weighted by molar-refractivity contribution is 0.135. The van der Waals surface area contributed by atoms with Gasteiger partial charge in [-0.25, -0.2) is 0 Å². The van der Waals surface area contributed by atoms with Crippen molar-refractivity contribution >= 4 is 24.5 Å². The van der Waals surface area contributed by atoms with Gasteiger partial charge in [0.25, 0.3) is 0 Å². The van der Waals surface area contributed by atoms with Crippen LogP contribution in [0.5, 0.6) is 0 Å². The van der Waals surface area contributed by atoms with Gasteiger partial charge in [0, 0.05) is 11.1 Å². The summed E-state index contributed by atoms with van der Waals surface area (Å²) in [6.45, 7) is 6.25. The second kappa shape index (κ2) is 8.39. The Morgan fingerprint density at radius 1 is 1.42 bits per heavy atom. The summed E-state index contributed by atoms with van der Waals surface area (Å²) in [7, 11) is 0. The van der Waals surface area contributed by atoms with E-state index in [1.165, 1.54) is 5.56 Å². The molecule has 0 saturated carbocycles. The van der Waals surface area contributed by atoms with Crippen LogP contribution in [0.3, 0.4) is 0 Å². The zero-order valence-electron chi connectivity index (χ0n) is 12.1. The van der Waals surface area contributed by atoms with E-state index < -0.39 is 0 Å². The van der Waals surface area contributed by atoms with Gasteiger partial charge in [-0.1, -0.05) is 26.3 Å². The molecule has 3 heteroatoms. The van der Waals surface area contributed by atoms with Crippen LogP contribution >= 0.6 is 12.6 Å². The number of aliphatic imine (C=N–C) groups is 1. The number of hydrogen-bond acceptors (Lipinski definition) is 3. The molecule has 0 bridgehead atoms. The molecule has 0 fully saturated rings. The highest BCUT2D eigenvalue weighted by molar-refractivity contribution is 7.80. The average Bonchev–Trinajstić information content (AvgIpc) is 2.39. The van der Waals surface area contributed by atoms with Gasteiger partial charge in [-0.2, -0.15) is 0 Å². The van der Waals surface area contributed by atoms with Gasteiger partial charge in [0.05, 0.1) is 11.8 Å². The van der Waals surface area contributed by atoms with Crippen LogP contribution in [-0.2, 0) is 6.42 Å². The molecule has 0 aliphatic heterocycles. The summed E-state index contributed by atoms with van der Waals surface area (Å²) < 4.78 is 0. The van der Waals surface area contributed by atoms with Gasteiger partial charge in [0.2, 0.25) is 0 Å². The first-order chi connectivity index (χ1) is 9.06. The first-order valence-corrected chi connectivity index (χ1v) is 7.50. The fraction of sp³-hybridized carbons (Fsp3) is 0.562.